The van der Waals surface area contributed by atoms with Crippen LogP contribution in [0.4, 0.5) is 30.5 Å². The molecule has 0 amide bonds. The summed E-state index contributed by atoms with van der Waals surface area (Å²) in [6, 6.07) is 4.05. The van der Waals surface area contributed by atoms with Gasteiger partial charge in [0.2, 0.25) is 11.8 Å². The van der Waals surface area contributed by atoms with Gasteiger partial charge in [-0.15, -0.1) is 0 Å². The Morgan fingerprint density at radius 2 is 1.92 bits per heavy atom. The maximum atomic E-state index is 14.1. The van der Waals surface area contributed by atoms with E-state index in [4.69, 9.17) is 4.99 Å². The average Bonchev–Trinajstić information content (AvgIpc) is 3.75. The standard InChI is InChI=1S/C26H27F3N8/c1-30-20-14-32-13-18(16-2-3-16)23(20)25(35-17-5-7-31-8-6-17)34-12-15-4-9-33-22(10-15)37-26-24(29)19(27)11-21(28)36-26/h4,9-11,13-14,16-17,31H,1-3,5-8,12H2,(H,34,35)(H,33,36,37). The van der Waals surface area contributed by atoms with Crippen LogP contribution in [-0.2, 0) is 6.54 Å². The first-order chi connectivity index (χ1) is 18.0. The van der Waals surface area contributed by atoms with Gasteiger partial charge in [0.1, 0.15) is 11.7 Å². The van der Waals surface area contributed by atoms with Crippen molar-refractivity contribution in [1.29, 1.82) is 0 Å². The Bertz CT molecular complexity index is 1320. The normalized spacial score (nSPS) is 16.5. The molecule has 0 unspecified atom stereocenters. The number of hydrogen-bond acceptors (Lipinski definition) is 7. The van der Waals surface area contributed by atoms with E-state index in [2.05, 4.69) is 42.6 Å². The van der Waals surface area contributed by atoms with Crippen LogP contribution in [-0.4, -0.2) is 46.6 Å². The van der Waals surface area contributed by atoms with Crippen LogP contribution >= 0.6 is 0 Å². The molecule has 2 fully saturated rings. The summed E-state index contributed by atoms with van der Waals surface area (Å²) in [6.07, 6.45) is 9.22. The number of halogens is 3. The van der Waals surface area contributed by atoms with Crippen LogP contribution in [0.3, 0.4) is 0 Å². The van der Waals surface area contributed by atoms with Crippen molar-refractivity contribution in [3.63, 3.8) is 0 Å². The van der Waals surface area contributed by atoms with E-state index in [1.54, 1.807) is 18.3 Å². The maximum Gasteiger partial charge on any atom is 0.217 e. The van der Waals surface area contributed by atoms with Gasteiger partial charge in [-0.05, 0) is 74.7 Å². The highest BCUT2D eigenvalue weighted by molar-refractivity contribution is 6.04. The Kier molecular flexibility index (Phi) is 7.40. The zero-order valence-electron chi connectivity index (χ0n) is 20.1. The van der Waals surface area contributed by atoms with Crippen LogP contribution in [0.5, 0.6) is 0 Å². The zero-order valence-corrected chi connectivity index (χ0v) is 20.1. The van der Waals surface area contributed by atoms with Gasteiger partial charge < -0.3 is 16.0 Å². The molecule has 1 aliphatic heterocycles. The van der Waals surface area contributed by atoms with Gasteiger partial charge in [0.25, 0.3) is 0 Å². The molecule has 192 valence electrons. The number of aliphatic imine (C=N–C) groups is 2. The van der Waals surface area contributed by atoms with Crippen LogP contribution in [0, 0.1) is 17.6 Å². The second-order valence-corrected chi connectivity index (χ2v) is 9.15. The van der Waals surface area contributed by atoms with Crippen LogP contribution in [0.15, 0.2) is 46.8 Å². The second kappa shape index (κ2) is 11.0. The van der Waals surface area contributed by atoms with E-state index in [9.17, 15) is 13.2 Å². The molecule has 2 aliphatic rings. The van der Waals surface area contributed by atoms with Crippen molar-refractivity contribution in [2.75, 3.05) is 18.4 Å². The summed E-state index contributed by atoms with van der Waals surface area (Å²) in [6.45, 7) is 5.87. The number of pyridine rings is 3. The van der Waals surface area contributed by atoms with E-state index in [-0.39, 0.29) is 18.4 Å². The first-order valence-electron chi connectivity index (χ1n) is 12.2. The van der Waals surface area contributed by atoms with Crippen molar-refractivity contribution in [3.8, 4) is 0 Å². The fourth-order valence-corrected chi connectivity index (χ4v) is 4.39. The quantitative estimate of drug-likeness (QED) is 0.235. The summed E-state index contributed by atoms with van der Waals surface area (Å²) in [4.78, 5) is 21.0. The van der Waals surface area contributed by atoms with Crippen LogP contribution in [0.2, 0.25) is 0 Å². The van der Waals surface area contributed by atoms with Gasteiger partial charge in [-0.3, -0.25) is 15.0 Å². The minimum atomic E-state index is -1.33. The van der Waals surface area contributed by atoms with Gasteiger partial charge >= 0.3 is 0 Å². The average molecular weight is 509 g/mol. The molecule has 1 saturated heterocycles. The summed E-state index contributed by atoms with van der Waals surface area (Å²) >= 11 is 0. The highest BCUT2D eigenvalue weighted by Gasteiger charge is 2.30. The molecule has 3 aromatic rings. The molecular formula is C26H27F3N8. The molecule has 1 saturated carbocycles. The number of hydrogen-bond donors (Lipinski definition) is 3. The Labute approximate surface area is 212 Å². The SMILES string of the molecule is C=Nc1cncc(C2CC2)c1C(=NCc1ccnc(Nc2nc(F)cc(F)c2F)c1)NC1CCNCC1. The lowest BCUT2D eigenvalue weighted by Crippen LogP contribution is -2.43. The molecule has 4 heterocycles. The molecule has 11 heteroatoms. The summed E-state index contributed by atoms with van der Waals surface area (Å²) in [5.41, 5.74) is 3.46. The fourth-order valence-electron chi connectivity index (χ4n) is 4.39. The van der Waals surface area contributed by atoms with Crippen molar-refractivity contribution in [1.82, 2.24) is 25.6 Å². The Hall–Kier alpha value is -3.86. The lowest BCUT2D eigenvalue weighted by Gasteiger charge is -2.26. The van der Waals surface area contributed by atoms with E-state index in [1.807, 2.05) is 6.20 Å². The van der Waals surface area contributed by atoms with E-state index in [0.717, 1.165) is 61.3 Å². The third kappa shape index (κ3) is 5.93. The van der Waals surface area contributed by atoms with Crippen molar-refractivity contribution in [3.05, 3.63) is 71.1 Å². The number of piperidine rings is 1. The molecular weight excluding hydrogens is 481 g/mol. The van der Waals surface area contributed by atoms with E-state index in [1.165, 1.54) is 6.20 Å². The molecule has 5 rings (SSSR count). The summed E-state index contributed by atoms with van der Waals surface area (Å²) in [5, 5.41) is 9.56. The van der Waals surface area contributed by atoms with Gasteiger partial charge in [-0.25, -0.2) is 9.37 Å². The minimum Gasteiger partial charge on any atom is -0.367 e. The molecule has 1 aliphatic carbocycles. The molecule has 3 aromatic heterocycles. The van der Waals surface area contributed by atoms with Gasteiger partial charge in [0, 0.05) is 30.1 Å². The third-order valence-corrected chi connectivity index (χ3v) is 6.43. The van der Waals surface area contributed by atoms with Gasteiger partial charge in [0.05, 0.1) is 18.4 Å². The molecule has 0 radical (unpaired) electrons. The number of rotatable bonds is 8. The fraction of sp³-hybridized carbons (Fsp3) is 0.346. The maximum absolute atomic E-state index is 14.1. The third-order valence-electron chi connectivity index (χ3n) is 6.43. The largest absolute Gasteiger partial charge is 0.367 e. The highest BCUT2D eigenvalue weighted by atomic mass is 19.2. The first kappa shape index (κ1) is 24.8. The Morgan fingerprint density at radius 1 is 1.11 bits per heavy atom. The number of amidine groups is 1. The number of anilines is 2. The molecule has 0 bridgehead atoms. The number of aromatic nitrogens is 3. The predicted octanol–water partition coefficient (Wildman–Crippen LogP) is 4.53. The Morgan fingerprint density at radius 3 is 2.68 bits per heavy atom. The van der Waals surface area contributed by atoms with Crippen LogP contribution < -0.4 is 16.0 Å². The molecule has 3 N–H and O–H groups in total. The van der Waals surface area contributed by atoms with Crippen molar-refractivity contribution in [2.24, 2.45) is 9.98 Å². The molecule has 0 aromatic carbocycles. The summed E-state index contributed by atoms with van der Waals surface area (Å²) in [5.74, 6) is -2.99. The lowest BCUT2D eigenvalue weighted by atomic mass is 10.0. The molecule has 0 spiro atoms. The second-order valence-electron chi connectivity index (χ2n) is 9.15. The first-order valence-corrected chi connectivity index (χ1v) is 12.2. The predicted molar refractivity (Wildman–Crippen MR) is 136 cm³/mol. The van der Waals surface area contributed by atoms with E-state index < -0.39 is 23.4 Å². The smallest absolute Gasteiger partial charge is 0.217 e. The van der Waals surface area contributed by atoms with Gasteiger partial charge in [-0.1, -0.05) is 0 Å². The topological polar surface area (TPSA) is 99.5 Å². The number of nitrogens with one attached hydrogen (secondary N) is 3. The van der Waals surface area contributed by atoms with Crippen molar-refractivity contribution >= 4 is 29.9 Å². The van der Waals surface area contributed by atoms with Crippen molar-refractivity contribution < 1.29 is 13.2 Å². The summed E-state index contributed by atoms with van der Waals surface area (Å²) in [7, 11) is 0. The molecule has 0 atom stereocenters. The van der Waals surface area contributed by atoms with Crippen LogP contribution in [0.1, 0.15) is 48.3 Å². The van der Waals surface area contributed by atoms with E-state index in [0.29, 0.717) is 17.7 Å². The molecule has 8 nitrogen and oxygen atoms in total. The van der Waals surface area contributed by atoms with Crippen LogP contribution in [0.25, 0.3) is 0 Å². The van der Waals surface area contributed by atoms with Gasteiger partial charge in [0.15, 0.2) is 11.6 Å². The Balaban J connectivity index is 1.44. The lowest BCUT2D eigenvalue weighted by molar-refractivity contribution is 0.429. The monoisotopic (exact) mass is 508 g/mol. The number of nitrogens with zero attached hydrogens (tertiary/aromatic N) is 5. The van der Waals surface area contributed by atoms with Crippen molar-refractivity contribution in [2.45, 2.75) is 44.2 Å². The van der Waals surface area contributed by atoms with E-state index >= 15 is 0 Å². The molecule has 37 heavy (non-hydrogen) atoms. The zero-order chi connectivity index (χ0) is 25.8. The summed E-state index contributed by atoms with van der Waals surface area (Å²) < 4.78 is 41.1. The minimum absolute atomic E-state index is 0.188. The highest BCUT2D eigenvalue weighted by Crippen LogP contribution is 2.43. The van der Waals surface area contributed by atoms with Gasteiger partial charge in [-0.2, -0.15) is 13.8 Å².